The monoisotopic (exact) mass is 1060 g/mol. The minimum Gasteiger partial charge on any atom is -0.311 e. The number of anilines is 12. The van der Waals surface area contributed by atoms with E-state index in [2.05, 4.69) is 370 Å². The van der Waals surface area contributed by atoms with Gasteiger partial charge in [0.15, 0.2) is 0 Å². The van der Waals surface area contributed by atoms with Gasteiger partial charge in [-0.25, -0.2) is 0 Å². The Balaban J connectivity index is 0.827. The van der Waals surface area contributed by atoms with Crippen LogP contribution in [0.5, 0.6) is 0 Å². The summed E-state index contributed by atoms with van der Waals surface area (Å²) in [5.74, 6) is 0. The van der Waals surface area contributed by atoms with Crippen molar-refractivity contribution in [1.82, 2.24) is 4.57 Å². The van der Waals surface area contributed by atoms with Crippen molar-refractivity contribution in [3.8, 4) is 28.2 Å². The maximum Gasteiger partial charge on any atom is 0.0540 e. The van der Waals surface area contributed by atoms with E-state index in [9.17, 15) is 0 Å². The minimum atomic E-state index is 1.06. The summed E-state index contributed by atoms with van der Waals surface area (Å²) in [6, 6.07) is 124. The van der Waals surface area contributed by atoms with Gasteiger partial charge in [0.2, 0.25) is 0 Å². The second-order valence-electron chi connectivity index (χ2n) is 20.6. The predicted octanol–water partition coefficient (Wildman–Crippen LogP) is 22.0. The first-order valence-electron chi connectivity index (χ1n) is 28.2. The average molecular weight is 1060 g/mol. The van der Waals surface area contributed by atoms with Crippen LogP contribution in [0.1, 0.15) is 0 Å². The third kappa shape index (κ3) is 9.94. The highest BCUT2D eigenvalue weighted by atomic mass is 15.2. The van der Waals surface area contributed by atoms with Crippen LogP contribution in [0.25, 0.3) is 49.7 Å². The summed E-state index contributed by atoms with van der Waals surface area (Å²) in [5.41, 5.74) is 18.5. The van der Waals surface area contributed by atoms with Crippen LogP contribution in [-0.2, 0) is 0 Å². The molecule has 0 fully saturated rings. The summed E-state index contributed by atoms with van der Waals surface area (Å²) in [6.07, 6.45) is 0. The molecule has 0 N–H and O–H groups in total. The summed E-state index contributed by atoms with van der Waals surface area (Å²) in [7, 11) is 0. The van der Waals surface area contributed by atoms with E-state index in [1.54, 1.807) is 0 Å². The Hall–Kier alpha value is -11.1. The summed E-state index contributed by atoms with van der Waals surface area (Å²) < 4.78 is 2.39. The van der Waals surface area contributed by atoms with E-state index >= 15 is 0 Å². The van der Waals surface area contributed by atoms with Crippen molar-refractivity contribution in [1.29, 1.82) is 0 Å². The molecule has 0 aliphatic carbocycles. The smallest absolute Gasteiger partial charge is 0.0540 e. The maximum absolute atomic E-state index is 2.39. The number of para-hydroxylation sites is 5. The van der Waals surface area contributed by atoms with Crippen molar-refractivity contribution in [2.75, 3.05) is 19.6 Å². The molecule has 0 atom stereocenters. The molecular formula is C78H57N5. The molecule has 5 heteroatoms. The Morgan fingerprint density at radius 1 is 0.181 bits per heavy atom. The molecule has 0 radical (unpaired) electrons. The van der Waals surface area contributed by atoms with E-state index in [4.69, 9.17) is 0 Å². The van der Waals surface area contributed by atoms with Crippen LogP contribution in [0.3, 0.4) is 0 Å². The largest absolute Gasteiger partial charge is 0.311 e. The lowest BCUT2D eigenvalue weighted by molar-refractivity contribution is 1.09. The number of hydrogen-bond donors (Lipinski definition) is 0. The molecule has 13 aromatic carbocycles. The minimum absolute atomic E-state index is 1.06. The zero-order valence-electron chi connectivity index (χ0n) is 45.6. The third-order valence-electron chi connectivity index (χ3n) is 15.5. The van der Waals surface area contributed by atoms with Crippen LogP contribution in [0, 0.1) is 0 Å². The van der Waals surface area contributed by atoms with Gasteiger partial charge in [-0.3, -0.25) is 0 Å². The molecule has 0 amide bonds. The molecule has 5 nitrogen and oxygen atoms in total. The van der Waals surface area contributed by atoms with Crippen molar-refractivity contribution >= 4 is 89.8 Å². The highest BCUT2D eigenvalue weighted by molar-refractivity contribution is 6.01. The molecule has 394 valence electrons. The molecule has 1 aromatic heterocycles. The van der Waals surface area contributed by atoms with Crippen molar-refractivity contribution in [2.45, 2.75) is 0 Å². The van der Waals surface area contributed by atoms with Gasteiger partial charge in [0.25, 0.3) is 0 Å². The SMILES string of the molecule is c1ccc(N(c2ccccc2)c2ccc(N(c3ccc(-c4ccc(-c5ccc(N(c6ccc(N(c7ccccc7)c7ccccc7)cc6)c6cccc7ccccc67)cc5)n4-c4ccccc4)cc3)c3cccc4ccccc34)cc2)cc1. The van der Waals surface area contributed by atoms with Crippen LogP contribution in [0.2, 0.25) is 0 Å². The van der Waals surface area contributed by atoms with Crippen LogP contribution in [-0.4, -0.2) is 4.57 Å². The lowest BCUT2D eigenvalue weighted by Crippen LogP contribution is -2.12. The molecule has 0 bridgehead atoms. The predicted molar refractivity (Wildman–Crippen MR) is 350 cm³/mol. The van der Waals surface area contributed by atoms with Crippen molar-refractivity contribution in [2.24, 2.45) is 0 Å². The van der Waals surface area contributed by atoms with Gasteiger partial charge in [-0.1, -0.05) is 188 Å². The Bertz CT molecular complexity index is 4090. The standard InChI is InChI=1S/C78H57N5/c1-6-26-62(27-7-1)79(63-28-8-2-9-29-63)67-48-52-71(53-49-67)81(77-38-20-24-58-22-16-18-36-73(58)77)69-44-40-60(41-45-69)75-56-57-76(83(75)66-34-14-5-15-35-66)61-42-46-70(47-43-61)82(78-39-21-25-59-23-17-19-37-74(59)78)72-54-50-68(51-55-72)80(64-30-10-3-11-31-64)65-32-12-4-13-33-65/h1-57H. The molecule has 0 unspecified atom stereocenters. The fourth-order valence-corrected chi connectivity index (χ4v) is 11.7. The molecule has 0 spiro atoms. The van der Waals surface area contributed by atoms with Gasteiger partial charge in [-0.05, 0) is 180 Å². The first-order chi connectivity index (χ1) is 41.2. The van der Waals surface area contributed by atoms with E-state index in [1.807, 2.05) is 0 Å². The van der Waals surface area contributed by atoms with Gasteiger partial charge in [0.1, 0.15) is 0 Å². The number of fused-ring (bicyclic) bond motifs is 2. The second-order valence-corrected chi connectivity index (χ2v) is 20.6. The second kappa shape index (κ2) is 22.5. The van der Waals surface area contributed by atoms with Crippen LogP contribution >= 0.6 is 0 Å². The zero-order valence-corrected chi connectivity index (χ0v) is 45.6. The highest BCUT2D eigenvalue weighted by Crippen LogP contribution is 2.45. The quantitative estimate of drug-likeness (QED) is 0.102. The Morgan fingerprint density at radius 2 is 0.434 bits per heavy atom. The van der Waals surface area contributed by atoms with Gasteiger partial charge in [0, 0.05) is 73.3 Å². The Kier molecular flexibility index (Phi) is 13.6. The van der Waals surface area contributed by atoms with E-state index in [1.165, 1.54) is 21.5 Å². The summed E-state index contributed by atoms with van der Waals surface area (Å²) in [4.78, 5) is 9.38. The maximum atomic E-state index is 2.39. The van der Waals surface area contributed by atoms with E-state index in [-0.39, 0.29) is 0 Å². The van der Waals surface area contributed by atoms with Crippen LogP contribution in [0.4, 0.5) is 68.2 Å². The van der Waals surface area contributed by atoms with E-state index in [0.717, 1.165) is 96.5 Å². The number of nitrogens with zero attached hydrogens (tertiary/aromatic N) is 5. The molecule has 0 aliphatic rings. The molecular weight excluding hydrogens is 1010 g/mol. The highest BCUT2D eigenvalue weighted by Gasteiger charge is 2.22. The van der Waals surface area contributed by atoms with E-state index in [0.29, 0.717) is 0 Å². The van der Waals surface area contributed by atoms with E-state index < -0.39 is 0 Å². The molecule has 0 aliphatic heterocycles. The first-order valence-corrected chi connectivity index (χ1v) is 28.2. The Morgan fingerprint density at radius 3 is 0.771 bits per heavy atom. The molecule has 83 heavy (non-hydrogen) atoms. The van der Waals surface area contributed by atoms with Crippen LogP contribution in [0.15, 0.2) is 346 Å². The molecule has 0 saturated heterocycles. The normalized spacial score (nSPS) is 11.1. The van der Waals surface area contributed by atoms with Gasteiger partial charge < -0.3 is 24.2 Å². The number of aromatic nitrogens is 1. The molecule has 1 heterocycles. The first kappa shape index (κ1) is 50.1. The van der Waals surface area contributed by atoms with Crippen molar-refractivity contribution in [3.63, 3.8) is 0 Å². The summed E-state index contributed by atoms with van der Waals surface area (Å²) >= 11 is 0. The van der Waals surface area contributed by atoms with Gasteiger partial charge in [-0.2, -0.15) is 0 Å². The average Bonchev–Trinajstić information content (AvgIpc) is 4.22. The topological polar surface area (TPSA) is 17.9 Å². The Labute approximate surface area is 485 Å². The molecule has 14 rings (SSSR count). The molecule has 0 saturated carbocycles. The summed E-state index contributed by atoms with van der Waals surface area (Å²) in [6.45, 7) is 0. The van der Waals surface area contributed by atoms with Crippen LogP contribution < -0.4 is 19.6 Å². The summed E-state index contributed by atoms with van der Waals surface area (Å²) in [5, 5.41) is 4.74. The van der Waals surface area contributed by atoms with Gasteiger partial charge >= 0.3 is 0 Å². The third-order valence-corrected chi connectivity index (χ3v) is 15.5. The van der Waals surface area contributed by atoms with Crippen molar-refractivity contribution < 1.29 is 0 Å². The zero-order chi connectivity index (χ0) is 55.3. The fraction of sp³-hybridized carbons (Fsp3) is 0. The van der Waals surface area contributed by atoms with Gasteiger partial charge in [0.05, 0.1) is 22.8 Å². The van der Waals surface area contributed by atoms with Gasteiger partial charge in [-0.15, -0.1) is 0 Å². The fourth-order valence-electron chi connectivity index (χ4n) is 11.7. The number of rotatable bonds is 15. The number of benzene rings is 13. The number of hydrogen-bond acceptors (Lipinski definition) is 4. The molecule has 14 aromatic rings. The van der Waals surface area contributed by atoms with Crippen molar-refractivity contribution in [3.05, 3.63) is 346 Å². The lowest BCUT2D eigenvalue weighted by atomic mass is 10.1. The lowest BCUT2D eigenvalue weighted by Gasteiger charge is -2.29.